The number of hydrogen-bond acceptors (Lipinski definition) is 3. The minimum absolute atomic E-state index is 0.279. The van der Waals surface area contributed by atoms with Crippen molar-refractivity contribution in [3.8, 4) is 11.5 Å². The Bertz CT molecular complexity index is 435. The van der Waals surface area contributed by atoms with Crippen LogP contribution in [0.1, 0.15) is 45.4 Å². The lowest BCUT2D eigenvalue weighted by Crippen LogP contribution is -2.37. The zero-order valence-corrected chi connectivity index (χ0v) is 13.4. The molecule has 0 aliphatic heterocycles. The van der Waals surface area contributed by atoms with Gasteiger partial charge in [0.2, 0.25) is 0 Å². The first-order valence-electron chi connectivity index (χ1n) is 8.19. The van der Waals surface area contributed by atoms with E-state index in [0.29, 0.717) is 6.61 Å². The summed E-state index contributed by atoms with van der Waals surface area (Å²) in [5.74, 6) is 2.47. The fourth-order valence-corrected chi connectivity index (χ4v) is 3.56. The van der Waals surface area contributed by atoms with Gasteiger partial charge in [-0.1, -0.05) is 38.3 Å². The maximum atomic E-state index is 6.11. The molecule has 1 fully saturated rings. The Labute approximate surface area is 128 Å². The van der Waals surface area contributed by atoms with Gasteiger partial charge in [0.05, 0.1) is 13.7 Å². The van der Waals surface area contributed by atoms with Crippen molar-refractivity contribution in [1.82, 2.24) is 0 Å². The van der Waals surface area contributed by atoms with E-state index < -0.39 is 0 Å². The van der Waals surface area contributed by atoms with Crippen LogP contribution in [-0.2, 0) is 0 Å². The predicted molar refractivity (Wildman–Crippen MR) is 86.8 cm³/mol. The Hall–Kier alpha value is -1.22. The predicted octanol–water partition coefficient (Wildman–Crippen LogP) is 4.01. The Morgan fingerprint density at radius 2 is 2.05 bits per heavy atom. The highest BCUT2D eigenvalue weighted by Gasteiger charge is 2.34. The van der Waals surface area contributed by atoms with Gasteiger partial charge in [-0.15, -0.1) is 0 Å². The smallest absolute Gasteiger partial charge is 0.161 e. The molecule has 2 unspecified atom stereocenters. The van der Waals surface area contributed by atoms with Gasteiger partial charge in [0.1, 0.15) is 0 Å². The topological polar surface area (TPSA) is 44.5 Å². The normalized spacial score (nSPS) is 25.6. The van der Waals surface area contributed by atoms with Crippen molar-refractivity contribution in [2.24, 2.45) is 17.1 Å². The third kappa shape index (κ3) is 4.13. The second kappa shape index (κ2) is 7.69. The minimum atomic E-state index is 0.279. The van der Waals surface area contributed by atoms with Crippen LogP contribution in [0.4, 0.5) is 0 Å². The largest absolute Gasteiger partial charge is 0.493 e. The van der Waals surface area contributed by atoms with Crippen molar-refractivity contribution in [3.63, 3.8) is 0 Å². The van der Waals surface area contributed by atoms with Crippen LogP contribution in [0.15, 0.2) is 24.3 Å². The molecule has 1 saturated carbocycles. The molecule has 2 rings (SSSR count). The molecular formula is C18H29NO2. The molecule has 1 aromatic carbocycles. The molecule has 21 heavy (non-hydrogen) atoms. The Balaban J connectivity index is 1.91. The van der Waals surface area contributed by atoms with Crippen LogP contribution < -0.4 is 15.2 Å². The van der Waals surface area contributed by atoms with Gasteiger partial charge < -0.3 is 15.2 Å². The molecule has 0 aromatic heterocycles. The van der Waals surface area contributed by atoms with Gasteiger partial charge >= 0.3 is 0 Å². The van der Waals surface area contributed by atoms with Crippen molar-refractivity contribution in [2.75, 3.05) is 20.3 Å². The summed E-state index contributed by atoms with van der Waals surface area (Å²) in [6, 6.07) is 7.83. The maximum Gasteiger partial charge on any atom is 0.161 e. The van der Waals surface area contributed by atoms with Crippen molar-refractivity contribution < 1.29 is 9.47 Å². The molecule has 1 aliphatic carbocycles. The van der Waals surface area contributed by atoms with Gasteiger partial charge in [-0.05, 0) is 49.3 Å². The van der Waals surface area contributed by atoms with E-state index >= 15 is 0 Å². The zero-order valence-electron chi connectivity index (χ0n) is 13.4. The Kier molecular flexibility index (Phi) is 5.92. The summed E-state index contributed by atoms with van der Waals surface area (Å²) >= 11 is 0. The Morgan fingerprint density at radius 3 is 2.71 bits per heavy atom. The molecule has 0 bridgehead atoms. The first-order valence-corrected chi connectivity index (χ1v) is 8.19. The SMILES string of the molecule is CCC1CCCC(CN)(CCOc2ccccc2OC)C1. The zero-order chi connectivity index (χ0) is 15.1. The van der Waals surface area contributed by atoms with E-state index in [-0.39, 0.29) is 5.41 Å². The lowest BCUT2D eigenvalue weighted by atomic mass is 9.67. The Morgan fingerprint density at radius 1 is 1.29 bits per heavy atom. The van der Waals surface area contributed by atoms with Gasteiger partial charge in [0, 0.05) is 0 Å². The highest BCUT2D eigenvalue weighted by atomic mass is 16.5. The van der Waals surface area contributed by atoms with Crippen LogP contribution >= 0.6 is 0 Å². The third-order valence-electron chi connectivity index (χ3n) is 5.01. The van der Waals surface area contributed by atoms with Crippen LogP contribution in [0.25, 0.3) is 0 Å². The lowest BCUT2D eigenvalue weighted by molar-refractivity contribution is 0.107. The number of ether oxygens (including phenoxy) is 2. The van der Waals surface area contributed by atoms with Crippen molar-refractivity contribution in [2.45, 2.75) is 45.4 Å². The van der Waals surface area contributed by atoms with E-state index in [1.807, 2.05) is 24.3 Å². The van der Waals surface area contributed by atoms with Crippen LogP contribution in [0.2, 0.25) is 0 Å². The maximum absolute atomic E-state index is 6.11. The van der Waals surface area contributed by atoms with Gasteiger partial charge in [-0.25, -0.2) is 0 Å². The molecule has 0 radical (unpaired) electrons. The summed E-state index contributed by atoms with van der Waals surface area (Å²) in [6.45, 7) is 3.79. The molecule has 0 spiro atoms. The van der Waals surface area contributed by atoms with E-state index in [1.54, 1.807) is 7.11 Å². The van der Waals surface area contributed by atoms with Gasteiger partial charge in [-0.2, -0.15) is 0 Å². The summed E-state index contributed by atoms with van der Waals surface area (Å²) in [6.07, 6.45) is 7.49. The molecule has 118 valence electrons. The fourth-order valence-electron chi connectivity index (χ4n) is 3.56. The average molecular weight is 291 g/mol. The highest BCUT2D eigenvalue weighted by Crippen LogP contribution is 2.42. The first-order chi connectivity index (χ1) is 10.2. The van der Waals surface area contributed by atoms with Crippen molar-refractivity contribution in [1.29, 1.82) is 0 Å². The summed E-state index contributed by atoms with van der Waals surface area (Å²) in [4.78, 5) is 0. The van der Waals surface area contributed by atoms with Gasteiger partial charge in [0.25, 0.3) is 0 Å². The second-order valence-electron chi connectivity index (χ2n) is 6.32. The number of hydrogen-bond donors (Lipinski definition) is 1. The molecule has 3 heteroatoms. The quantitative estimate of drug-likeness (QED) is 0.825. The number of para-hydroxylation sites is 2. The fraction of sp³-hybridized carbons (Fsp3) is 0.667. The minimum Gasteiger partial charge on any atom is -0.493 e. The number of nitrogens with two attached hydrogens (primary N) is 1. The molecule has 1 aliphatic rings. The first kappa shape index (κ1) is 16.2. The molecule has 0 saturated heterocycles. The van der Waals surface area contributed by atoms with Crippen LogP contribution in [0.3, 0.4) is 0 Å². The molecule has 2 N–H and O–H groups in total. The molecule has 3 nitrogen and oxygen atoms in total. The van der Waals surface area contributed by atoms with Gasteiger partial charge in [0.15, 0.2) is 11.5 Å². The number of methoxy groups -OCH3 is 1. The van der Waals surface area contributed by atoms with Crippen molar-refractivity contribution in [3.05, 3.63) is 24.3 Å². The second-order valence-corrected chi connectivity index (χ2v) is 6.32. The molecule has 1 aromatic rings. The highest BCUT2D eigenvalue weighted by molar-refractivity contribution is 5.39. The van der Waals surface area contributed by atoms with Crippen molar-refractivity contribution >= 4 is 0 Å². The molecule has 0 amide bonds. The number of rotatable bonds is 7. The third-order valence-corrected chi connectivity index (χ3v) is 5.01. The van der Waals surface area contributed by atoms with E-state index in [0.717, 1.165) is 30.4 Å². The monoisotopic (exact) mass is 291 g/mol. The summed E-state index contributed by atoms with van der Waals surface area (Å²) in [5, 5.41) is 0. The summed E-state index contributed by atoms with van der Waals surface area (Å²) in [7, 11) is 1.68. The van der Waals surface area contributed by atoms with Gasteiger partial charge in [-0.3, -0.25) is 0 Å². The molecule has 0 heterocycles. The van der Waals surface area contributed by atoms with E-state index in [1.165, 1.54) is 32.1 Å². The number of benzene rings is 1. The van der Waals surface area contributed by atoms with E-state index in [4.69, 9.17) is 15.2 Å². The van der Waals surface area contributed by atoms with Crippen LogP contribution in [-0.4, -0.2) is 20.3 Å². The molecule has 2 atom stereocenters. The summed E-state index contributed by atoms with van der Waals surface area (Å²) in [5.41, 5.74) is 6.39. The van der Waals surface area contributed by atoms with Crippen LogP contribution in [0, 0.1) is 11.3 Å². The van der Waals surface area contributed by atoms with Crippen LogP contribution in [0.5, 0.6) is 11.5 Å². The lowest BCUT2D eigenvalue weighted by Gasteiger charge is -2.40. The molecular weight excluding hydrogens is 262 g/mol. The van der Waals surface area contributed by atoms with E-state index in [2.05, 4.69) is 6.92 Å². The summed E-state index contributed by atoms with van der Waals surface area (Å²) < 4.78 is 11.3. The van der Waals surface area contributed by atoms with E-state index in [9.17, 15) is 0 Å². The average Bonchev–Trinajstić information content (AvgIpc) is 2.55. The standard InChI is InChI=1S/C18H29NO2/c1-3-15-7-6-10-18(13-15,14-19)11-12-21-17-9-5-4-8-16(17)20-2/h4-5,8-9,15H,3,6-7,10-14,19H2,1-2H3.